The molecule has 6 nitrogen and oxygen atoms in total. The van der Waals surface area contributed by atoms with Gasteiger partial charge >= 0.3 is 0 Å². The van der Waals surface area contributed by atoms with E-state index in [0.717, 1.165) is 21.0 Å². The minimum Gasteiger partial charge on any atom is -0.360 e. The van der Waals surface area contributed by atoms with Gasteiger partial charge in [0.05, 0.1) is 11.4 Å². The van der Waals surface area contributed by atoms with Gasteiger partial charge in [0.1, 0.15) is 15.7 Å². The zero-order valence-electron chi connectivity index (χ0n) is 11.0. The topological polar surface area (TPSA) is 88.8 Å². The van der Waals surface area contributed by atoms with E-state index in [1.807, 2.05) is 5.38 Å². The number of nitrogens with one attached hydrogen (secondary N) is 2. The van der Waals surface area contributed by atoms with Crippen molar-refractivity contribution in [1.29, 1.82) is 0 Å². The maximum Gasteiger partial charge on any atom is 0.240 e. The molecule has 0 aliphatic carbocycles. The van der Waals surface area contributed by atoms with Crippen LogP contribution in [0.25, 0.3) is 10.2 Å². The predicted molar refractivity (Wildman–Crippen MR) is 84.1 cm³/mol. The smallest absolute Gasteiger partial charge is 0.240 e. The van der Waals surface area contributed by atoms with Gasteiger partial charge in [-0.05, 0) is 19.9 Å². The van der Waals surface area contributed by atoms with Gasteiger partial charge < -0.3 is 5.32 Å². The molecule has 0 bridgehead atoms. The number of hydrogen-bond donors (Lipinski definition) is 3. The molecule has 1 unspecified atom stereocenters. The molecule has 1 atom stereocenters. The van der Waals surface area contributed by atoms with Crippen molar-refractivity contribution in [3.63, 3.8) is 0 Å². The Morgan fingerprint density at radius 1 is 1.35 bits per heavy atom. The Balaban J connectivity index is 2.01. The lowest BCUT2D eigenvalue weighted by Crippen LogP contribution is -2.13. The average Bonchev–Trinajstić information content (AvgIpc) is 3.06. The first-order chi connectivity index (χ1) is 9.67. The number of nitrogens with zero attached hydrogens (tertiary/aromatic N) is 3. The summed E-state index contributed by atoms with van der Waals surface area (Å²) in [6, 6.07) is 2.16. The van der Waals surface area contributed by atoms with Crippen LogP contribution in [0.4, 0.5) is 11.8 Å². The van der Waals surface area contributed by atoms with Crippen LogP contribution in [0.5, 0.6) is 0 Å². The van der Waals surface area contributed by atoms with Gasteiger partial charge in [-0.3, -0.25) is 5.43 Å². The Morgan fingerprint density at radius 2 is 2.20 bits per heavy atom. The van der Waals surface area contributed by atoms with E-state index in [4.69, 9.17) is 5.84 Å². The molecule has 0 saturated heterocycles. The first-order valence-corrected chi connectivity index (χ1v) is 7.77. The summed E-state index contributed by atoms with van der Waals surface area (Å²) in [6.07, 6.45) is 1.80. The second kappa shape index (κ2) is 5.31. The first kappa shape index (κ1) is 13.2. The van der Waals surface area contributed by atoms with Gasteiger partial charge in [-0.15, -0.1) is 22.7 Å². The normalized spacial score (nSPS) is 12.6. The minimum absolute atomic E-state index is 0.0823. The molecule has 0 spiro atoms. The lowest BCUT2D eigenvalue weighted by atomic mass is 10.3. The summed E-state index contributed by atoms with van der Waals surface area (Å²) in [5, 5.41) is 7.37. The molecule has 20 heavy (non-hydrogen) atoms. The highest BCUT2D eigenvalue weighted by Crippen LogP contribution is 2.31. The molecule has 0 aliphatic heterocycles. The molecule has 0 amide bonds. The van der Waals surface area contributed by atoms with Crippen LogP contribution in [0.3, 0.4) is 0 Å². The molecule has 4 N–H and O–H groups in total. The van der Waals surface area contributed by atoms with Gasteiger partial charge in [0, 0.05) is 16.5 Å². The third-order valence-corrected chi connectivity index (χ3v) is 4.72. The third kappa shape index (κ3) is 2.45. The highest BCUT2D eigenvalue weighted by molar-refractivity contribution is 7.18. The number of hydrazine groups is 1. The number of rotatable bonds is 4. The first-order valence-electron chi connectivity index (χ1n) is 6.08. The number of anilines is 2. The van der Waals surface area contributed by atoms with Crippen molar-refractivity contribution in [2.75, 3.05) is 10.7 Å². The number of aryl methyl sites for hydroxylation is 1. The second-order valence-corrected chi connectivity index (χ2v) is 6.51. The van der Waals surface area contributed by atoms with Gasteiger partial charge in [-0.25, -0.2) is 15.8 Å². The lowest BCUT2D eigenvalue weighted by Gasteiger charge is -2.13. The van der Waals surface area contributed by atoms with Gasteiger partial charge in [-0.2, -0.15) is 4.98 Å². The summed E-state index contributed by atoms with van der Waals surface area (Å²) in [6.45, 7) is 4.11. The van der Waals surface area contributed by atoms with Crippen LogP contribution in [-0.4, -0.2) is 15.0 Å². The largest absolute Gasteiger partial charge is 0.360 e. The molecule has 0 saturated carbocycles. The Hall–Kier alpha value is -1.77. The molecule has 3 aromatic rings. The Kier molecular flexibility index (Phi) is 3.51. The molecule has 0 aromatic carbocycles. The summed E-state index contributed by atoms with van der Waals surface area (Å²) < 4.78 is 0. The zero-order valence-corrected chi connectivity index (χ0v) is 12.7. The molecule has 0 fully saturated rings. The SMILES string of the molecule is Cc1cc2c(NC(C)c3nccs3)nc(NN)nc2s1. The monoisotopic (exact) mass is 306 g/mol. The van der Waals surface area contributed by atoms with E-state index >= 15 is 0 Å². The van der Waals surface area contributed by atoms with Crippen molar-refractivity contribution in [1.82, 2.24) is 15.0 Å². The van der Waals surface area contributed by atoms with Crippen molar-refractivity contribution in [3.8, 4) is 0 Å². The van der Waals surface area contributed by atoms with Crippen LogP contribution in [-0.2, 0) is 0 Å². The summed E-state index contributed by atoms with van der Waals surface area (Å²) in [7, 11) is 0. The molecule has 104 valence electrons. The minimum atomic E-state index is 0.0823. The Labute approximate surface area is 124 Å². The van der Waals surface area contributed by atoms with Crippen LogP contribution in [0.2, 0.25) is 0 Å². The van der Waals surface area contributed by atoms with E-state index < -0.39 is 0 Å². The fourth-order valence-corrected chi connectivity index (χ4v) is 3.46. The van der Waals surface area contributed by atoms with E-state index in [1.165, 1.54) is 4.88 Å². The van der Waals surface area contributed by atoms with Crippen LogP contribution in [0.1, 0.15) is 22.9 Å². The predicted octanol–water partition coefficient (Wildman–Crippen LogP) is 2.91. The molecule has 3 rings (SSSR count). The van der Waals surface area contributed by atoms with Gasteiger partial charge in [-0.1, -0.05) is 0 Å². The second-order valence-electron chi connectivity index (χ2n) is 4.35. The molecule has 8 heteroatoms. The Bertz CT molecular complexity index is 721. The van der Waals surface area contributed by atoms with Crippen LogP contribution in [0, 0.1) is 6.92 Å². The van der Waals surface area contributed by atoms with Gasteiger partial charge in [0.25, 0.3) is 0 Å². The third-order valence-electron chi connectivity index (χ3n) is 2.82. The molecular weight excluding hydrogens is 292 g/mol. The van der Waals surface area contributed by atoms with Crippen molar-refractivity contribution >= 4 is 44.7 Å². The summed E-state index contributed by atoms with van der Waals surface area (Å²) in [5.41, 5.74) is 2.51. The van der Waals surface area contributed by atoms with Crippen LogP contribution in [0.15, 0.2) is 17.6 Å². The number of nitrogen functional groups attached to an aromatic ring is 1. The fourth-order valence-electron chi connectivity index (χ4n) is 1.93. The van der Waals surface area contributed by atoms with Crippen molar-refractivity contribution in [2.45, 2.75) is 19.9 Å². The summed E-state index contributed by atoms with van der Waals surface area (Å²) in [4.78, 5) is 15.2. The zero-order chi connectivity index (χ0) is 14.1. The van der Waals surface area contributed by atoms with E-state index in [2.05, 4.69) is 45.6 Å². The van der Waals surface area contributed by atoms with Crippen molar-refractivity contribution in [3.05, 3.63) is 27.5 Å². The number of nitrogens with two attached hydrogens (primary N) is 1. The number of thiazole rings is 1. The maximum absolute atomic E-state index is 5.43. The number of hydrogen-bond acceptors (Lipinski definition) is 8. The number of aromatic nitrogens is 3. The van der Waals surface area contributed by atoms with E-state index in [0.29, 0.717) is 5.95 Å². The van der Waals surface area contributed by atoms with E-state index in [1.54, 1.807) is 28.9 Å². The van der Waals surface area contributed by atoms with Crippen molar-refractivity contribution < 1.29 is 0 Å². The van der Waals surface area contributed by atoms with E-state index in [9.17, 15) is 0 Å². The Morgan fingerprint density at radius 3 is 2.90 bits per heavy atom. The fraction of sp³-hybridized carbons (Fsp3) is 0.250. The quantitative estimate of drug-likeness (QED) is 0.507. The molecule has 0 aliphatic rings. The standard InChI is InChI=1S/C12H14N6S2/c1-6-5-8-9(15-7(2)10-14-3-4-19-10)16-12(18-13)17-11(8)20-6/h3-5,7H,13H2,1-2H3,(H2,15,16,17,18). The van der Waals surface area contributed by atoms with Crippen LogP contribution < -0.4 is 16.6 Å². The van der Waals surface area contributed by atoms with Crippen LogP contribution >= 0.6 is 22.7 Å². The molecule has 3 aromatic heterocycles. The van der Waals surface area contributed by atoms with E-state index in [-0.39, 0.29) is 6.04 Å². The van der Waals surface area contributed by atoms with Gasteiger partial charge in [0.2, 0.25) is 5.95 Å². The highest BCUT2D eigenvalue weighted by atomic mass is 32.1. The summed E-state index contributed by atoms with van der Waals surface area (Å²) in [5.74, 6) is 6.62. The van der Waals surface area contributed by atoms with Crippen molar-refractivity contribution in [2.24, 2.45) is 5.84 Å². The highest BCUT2D eigenvalue weighted by Gasteiger charge is 2.14. The number of thiophene rings is 1. The molecular formula is C12H14N6S2. The lowest BCUT2D eigenvalue weighted by molar-refractivity contribution is 0.862. The molecule has 0 radical (unpaired) electrons. The van der Waals surface area contributed by atoms with Gasteiger partial charge in [0.15, 0.2) is 0 Å². The molecule has 3 heterocycles. The average molecular weight is 306 g/mol. The maximum atomic E-state index is 5.43. The summed E-state index contributed by atoms with van der Waals surface area (Å²) >= 11 is 3.24. The number of fused-ring (bicyclic) bond motifs is 1.